The summed E-state index contributed by atoms with van der Waals surface area (Å²) in [7, 11) is 0. The summed E-state index contributed by atoms with van der Waals surface area (Å²) in [6, 6.07) is 11.9. The maximum absolute atomic E-state index is 12.8. The van der Waals surface area contributed by atoms with E-state index in [0.29, 0.717) is 27.6 Å². The third kappa shape index (κ3) is 4.37. The Hall–Kier alpha value is -3.19. The number of amides is 2. The van der Waals surface area contributed by atoms with Gasteiger partial charge in [0.2, 0.25) is 5.91 Å². The molecule has 0 unspecified atom stereocenters. The number of carbonyl (C=O) groups excluding carboxylic acids is 2. The molecule has 0 saturated carbocycles. The molecule has 0 fully saturated rings. The summed E-state index contributed by atoms with van der Waals surface area (Å²) in [5.41, 5.74) is 1.43. The van der Waals surface area contributed by atoms with Crippen LogP contribution in [0, 0.1) is 5.41 Å². The number of benzene rings is 2. The van der Waals surface area contributed by atoms with Crippen molar-refractivity contribution >= 4 is 34.8 Å². The van der Waals surface area contributed by atoms with E-state index in [1.54, 1.807) is 42.5 Å². The molecule has 3 aromatic rings. The Morgan fingerprint density at radius 3 is 2.50 bits per heavy atom. The van der Waals surface area contributed by atoms with Gasteiger partial charge in [-0.1, -0.05) is 44.5 Å². The van der Waals surface area contributed by atoms with Gasteiger partial charge >= 0.3 is 0 Å². The first-order valence-electron chi connectivity index (χ1n) is 8.62. The van der Waals surface area contributed by atoms with Crippen LogP contribution < -0.4 is 10.6 Å². The fraction of sp³-hybridized carbons (Fsp3) is 0.200. The summed E-state index contributed by atoms with van der Waals surface area (Å²) in [5, 5.41) is 10.2. The molecule has 0 atom stereocenters. The van der Waals surface area contributed by atoms with E-state index in [0.717, 1.165) is 0 Å². The zero-order chi connectivity index (χ0) is 20.3. The number of para-hydroxylation sites is 1. The molecule has 8 heteroatoms. The van der Waals surface area contributed by atoms with Crippen LogP contribution in [-0.4, -0.2) is 26.6 Å². The zero-order valence-corrected chi connectivity index (χ0v) is 16.5. The maximum Gasteiger partial charge on any atom is 0.255 e. The van der Waals surface area contributed by atoms with Crippen LogP contribution in [0.2, 0.25) is 5.02 Å². The van der Waals surface area contributed by atoms with Gasteiger partial charge < -0.3 is 10.6 Å². The number of hydrogen-bond donors (Lipinski definition) is 2. The molecule has 1 heterocycles. The van der Waals surface area contributed by atoms with E-state index in [-0.39, 0.29) is 11.8 Å². The van der Waals surface area contributed by atoms with Gasteiger partial charge in [-0.2, -0.15) is 5.10 Å². The van der Waals surface area contributed by atoms with Crippen molar-refractivity contribution in [2.75, 3.05) is 10.6 Å². The second kappa shape index (κ2) is 7.82. The predicted octanol–water partition coefficient (Wildman–Crippen LogP) is 4.16. The van der Waals surface area contributed by atoms with Crippen LogP contribution in [0.25, 0.3) is 5.69 Å². The highest BCUT2D eigenvalue weighted by Gasteiger charge is 2.21. The van der Waals surface area contributed by atoms with E-state index in [1.165, 1.54) is 17.3 Å². The molecule has 2 amide bonds. The van der Waals surface area contributed by atoms with Crippen molar-refractivity contribution in [3.63, 3.8) is 0 Å². The van der Waals surface area contributed by atoms with E-state index in [2.05, 4.69) is 20.7 Å². The summed E-state index contributed by atoms with van der Waals surface area (Å²) in [6.45, 7) is 5.47. The molecule has 1 aromatic heterocycles. The highest BCUT2D eigenvalue weighted by Crippen LogP contribution is 2.28. The Bertz CT molecular complexity index is 1010. The molecule has 2 N–H and O–H groups in total. The first-order valence-corrected chi connectivity index (χ1v) is 9.00. The highest BCUT2D eigenvalue weighted by atomic mass is 35.5. The maximum atomic E-state index is 12.8. The van der Waals surface area contributed by atoms with Gasteiger partial charge in [-0.25, -0.2) is 9.67 Å². The number of rotatable bonds is 4. The zero-order valence-electron chi connectivity index (χ0n) is 15.7. The molecule has 7 nitrogen and oxygen atoms in total. The van der Waals surface area contributed by atoms with E-state index in [1.807, 2.05) is 20.8 Å². The lowest BCUT2D eigenvalue weighted by Crippen LogP contribution is -2.27. The van der Waals surface area contributed by atoms with E-state index >= 15 is 0 Å². The summed E-state index contributed by atoms with van der Waals surface area (Å²) in [6.07, 6.45) is 2.88. The van der Waals surface area contributed by atoms with Crippen molar-refractivity contribution < 1.29 is 9.59 Å². The van der Waals surface area contributed by atoms with Crippen LogP contribution in [0.5, 0.6) is 0 Å². The third-order valence-electron chi connectivity index (χ3n) is 3.95. The minimum atomic E-state index is -0.536. The second-order valence-electron chi connectivity index (χ2n) is 7.22. The van der Waals surface area contributed by atoms with Gasteiger partial charge in [0.05, 0.1) is 10.7 Å². The smallest absolute Gasteiger partial charge is 0.255 e. The molecule has 0 aliphatic carbocycles. The van der Waals surface area contributed by atoms with E-state index < -0.39 is 5.41 Å². The van der Waals surface area contributed by atoms with Crippen LogP contribution in [0.3, 0.4) is 0 Å². The number of halogens is 1. The molecule has 3 rings (SSSR count). The van der Waals surface area contributed by atoms with Crippen molar-refractivity contribution in [3.8, 4) is 5.69 Å². The Balaban J connectivity index is 1.84. The van der Waals surface area contributed by atoms with Crippen molar-refractivity contribution in [3.05, 3.63) is 65.7 Å². The molecule has 2 aromatic carbocycles. The van der Waals surface area contributed by atoms with Gasteiger partial charge in [-0.05, 0) is 30.3 Å². The minimum absolute atomic E-state index is 0.131. The highest BCUT2D eigenvalue weighted by molar-refractivity contribution is 6.33. The first kappa shape index (κ1) is 19.6. The molecule has 144 valence electrons. The lowest BCUT2D eigenvalue weighted by atomic mass is 9.95. The Morgan fingerprint density at radius 2 is 1.82 bits per heavy atom. The number of nitrogens with zero attached hydrogens (tertiary/aromatic N) is 3. The monoisotopic (exact) mass is 397 g/mol. The van der Waals surface area contributed by atoms with Gasteiger partial charge in [0.1, 0.15) is 18.3 Å². The van der Waals surface area contributed by atoms with Gasteiger partial charge in [-0.3, -0.25) is 9.59 Å². The normalized spacial score (nSPS) is 11.1. The van der Waals surface area contributed by atoms with Crippen LogP contribution in [0.4, 0.5) is 11.4 Å². The Labute approximate surface area is 167 Å². The molecule has 0 spiro atoms. The Kier molecular flexibility index (Phi) is 5.46. The van der Waals surface area contributed by atoms with Gasteiger partial charge in [-0.15, -0.1) is 0 Å². The number of hydrogen-bond acceptors (Lipinski definition) is 4. The molecular formula is C20H20ClN5O2. The standard InChI is InChI=1S/C20H20ClN5O2/c1-20(2,3)19(28)24-14-7-4-6-13(10-14)18(27)25-16-9-5-8-15(21)17(16)26-12-22-11-23-26/h4-12H,1-3H3,(H,24,28)(H,25,27). The third-order valence-corrected chi connectivity index (χ3v) is 4.25. The second-order valence-corrected chi connectivity index (χ2v) is 7.62. The molecular weight excluding hydrogens is 378 g/mol. The quantitative estimate of drug-likeness (QED) is 0.691. The molecule has 0 aliphatic rings. The summed E-state index contributed by atoms with van der Waals surface area (Å²) >= 11 is 6.29. The van der Waals surface area contributed by atoms with Crippen molar-refractivity contribution in [2.45, 2.75) is 20.8 Å². The SMILES string of the molecule is CC(C)(C)C(=O)Nc1cccc(C(=O)Nc2cccc(Cl)c2-n2cncn2)c1. The van der Waals surface area contributed by atoms with Crippen LogP contribution in [-0.2, 0) is 4.79 Å². The van der Waals surface area contributed by atoms with Crippen molar-refractivity contribution in [1.82, 2.24) is 14.8 Å². The first-order chi connectivity index (χ1) is 13.3. The van der Waals surface area contributed by atoms with Crippen LogP contribution >= 0.6 is 11.6 Å². The summed E-state index contributed by atoms with van der Waals surface area (Å²) < 4.78 is 1.48. The molecule has 0 aliphatic heterocycles. The minimum Gasteiger partial charge on any atom is -0.326 e. The molecule has 28 heavy (non-hydrogen) atoms. The molecule has 0 radical (unpaired) electrons. The molecule has 0 bridgehead atoms. The number of carbonyl (C=O) groups is 2. The van der Waals surface area contributed by atoms with Crippen molar-refractivity contribution in [1.29, 1.82) is 0 Å². The topological polar surface area (TPSA) is 88.9 Å². The summed E-state index contributed by atoms with van der Waals surface area (Å²) in [5.74, 6) is -0.469. The van der Waals surface area contributed by atoms with Gasteiger partial charge in [0.15, 0.2) is 0 Å². The largest absolute Gasteiger partial charge is 0.326 e. The van der Waals surface area contributed by atoms with E-state index in [9.17, 15) is 9.59 Å². The van der Waals surface area contributed by atoms with Gasteiger partial charge in [0.25, 0.3) is 5.91 Å². The lowest BCUT2D eigenvalue weighted by Gasteiger charge is -2.18. The Morgan fingerprint density at radius 1 is 1.07 bits per heavy atom. The number of nitrogens with one attached hydrogen (secondary N) is 2. The fourth-order valence-corrected chi connectivity index (χ4v) is 2.69. The summed E-state index contributed by atoms with van der Waals surface area (Å²) in [4.78, 5) is 28.9. The average molecular weight is 398 g/mol. The van der Waals surface area contributed by atoms with E-state index in [4.69, 9.17) is 11.6 Å². The number of aromatic nitrogens is 3. The van der Waals surface area contributed by atoms with Crippen LogP contribution in [0.15, 0.2) is 55.1 Å². The fourth-order valence-electron chi connectivity index (χ4n) is 2.42. The van der Waals surface area contributed by atoms with Crippen LogP contribution in [0.1, 0.15) is 31.1 Å². The predicted molar refractivity (Wildman–Crippen MR) is 109 cm³/mol. The van der Waals surface area contributed by atoms with Gasteiger partial charge in [0, 0.05) is 16.7 Å². The average Bonchev–Trinajstić information content (AvgIpc) is 3.15. The molecule has 0 saturated heterocycles. The number of anilines is 2. The lowest BCUT2D eigenvalue weighted by molar-refractivity contribution is -0.123. The van der Waals surface area contributed by atoms with Crippen molar-refractivity contribution in [2.24, 2.45) is 5.41 Å².